The molecule has 1 aromatic carbocycles. The van der Waals surface area contributed by atoms with Gasteiger partial charge in [0.2, 0.25) is 5.91 Å². The van der Waals surface area contributed by atoms with Gasteiger partial charge in [-0.15, -0.1) is 0 Å². The zero-order valence-electron chi connectivity index (χ0n) is 22.6. The Morgan fingerprint density at radius 2 is 1.46 bits per heavy atom. The molecule has 35 heavy (non-hydrogen) atoms. The van der Waals surface area contributed by atoms with Gasteiger partial charge < -0.3 is 15.5 Å². The number of anilines is 1. The molecule has 0 radical (unpaired) electrons. The number of rotatable bonds is 6. The highest BCUT2D eigenvalue weighted by atomic mass is 16.2. The molecule has 1 amide bonds. The van der Waals surface area contributed by atoms with Crippen LogP contribution in [-0.4, -0.2) is 41.4 Å². The highest BCUT2D eigenvalue weighted by Gasteiger charge is 2.35. The summed E-state index contributed by atoms with van der Waals surface area (Å²) in [6, 6.07) is 7.19. The molecule has 5 heteroatoms. The lowest BCUT2D eigenvalue weighted by atomic mass is 9.92. The van der Waals surface area contributed by atoms with Gasteiger partial charge in [0.25, 0.3) is 0 Å². The van der Waals surface area contributed by atoms with Gasteiger partial charge in [-0.1, -0.05) is 84.4 Å². The van der Waals surface area contributed by atoms with Crippen molar-refractivity contribution in [2.24, 2.45) is 4.99 Å². The fourth-order valence-electron chi connectivity index (χ4n) is 6.20. The molecule has 1 saturated heterocycles. The van der Waals surface area contributed by atoms with Crippen LogP contribution in [-0.2, 0) is 4.79 Å². The number of hydrogen-bond donors (Lipinski definition) is 2. The van der Waals surface area contributed by atoms with Crippen LogP contribution < -0.4 is 10.6 Å². The Morgan fingerprint density at radius 3 is 2.06 bits per heavy atom. The summed E-state index contributed by atoms with van der Waals surface area (Å²) < 4.78 is 0. The van der Waals surface area contributed by atoms with Crippen molar-refractivity contribution in [3.8, 4) is 0 Å². The summed E-state index contributed by atoms with van der Waals surface area (Å²) in [7, 11) is 0. The molecule has 2 saturated carbocycles. The zero-order valence-corrected chi connectivity index (χ0v) is 22.6. The minimum atomic E-state index is -0.159. The van der Waals surface area contributed by atoms with Crippen LogP contribution in [0, 0.1) is 0 Å². The standard InChI is InChI=1S/C30H48N4O/c1-21(2)25-17-11-18-26(22(3)4)28(25)33-29(35)27-19-12-20-34(27)30(31-23-13-7-5-8-14-23)32-24-15-9-6-10-16-24/h11,17-18,21-24,27H,5-10,12-16,19-20H2,1-4H3,(H,31,32)(H,33,35)/t27-/m0/s1. The molecule has 5 nitrogen and oxygen atoms in total. The molecule has 3 aliphatic rings. The number of guanidine groups is 1. The van der Waals surface area contributed by atoms with Crippen LogP contribution in [0.15, 0.2) is 23.2 Å². The average molecular weight is 481 g/mol. The molecule has 0 bridgehead atoms. The van der Waals surface area contributed by atoms with E-state index < -0.39 is 0 Å². The molecule has 4 rings (SSSR count). The summed E-state index contributed by atoms with van der Waals surface area (Å²) in [6.07, 6.45) is 14.5. The Balaban J connectivity index is 1.57. The third kappa shape index (κ3) is 6.59. The second-order valence-corrected chi connectivity index (χ2v) is 11.7. The Bertz CT molecular complexity index is 839. The minimum absolute atomic E-state index is 0.124. The van der Waals surface area contributed by atoms with E-state index in [1.54, 1.807) is 0 Å². The van der Waals surface area contributed by atoms with Gasteiger partial charge in [0.15, 0.2) is 5.96 Å². The highest BCUT2D eigenvalue weighted by Crippen LogP contribution is 2.33. The number of para-hydroxylation sites is 1. The molecule has 0 unspecified atom stereocenters. The lowest BCUT2D eigenvalue weighted by Crippen LogP contribution is -2.52. The Morgan fingerprint density at radius 1 is 0.857 bits per heavy atom. The molecule has 2 aliphatic carbocycles. The van der Waals surface area contributed by atoms with Crippen LogP contribution in [0.4, 0.5) is 5.69 Å². The molecule has 2 N–H and O–H groups in total. The Kier molecular flexibility index (Phi) is 9.13. The molecular weight excluding hydrogens is 432 g/mol. The summed E-state index contributed by atoms with van der Waals surface area (Å²) in [6.45, 7) is 9.74. The van der Waals surface area contributed by atoms with E-state index in [2.05, 4.69) is 61.4 Å². The first-order valence-corrected chi connectivity index (χ1v) is 14.5. The van der Waals surface area contributed by atoms with Crippen LogP contribution in [0.5, 0.6) is 0 Å². The van der Waals surface area contributed by atoms with Gasteiger partial charge in [-0.05, 0) is 61.5 Å². The predicted molar refractivity (Wildman–Crippen MR) is 147 cm³/mol. The van der Waals surface area contributed by atoms with Gasteiger partial charge in [0, 0.05) is 18.3 Å². The van der Waals surface area contributed by atoms with Gasteiger partial charge in [-0.25, -0.2) is 4.99 Å². The number of nitrogens with one attached hydrogen (secondary N) is 2. The van der Waals surface area contributed by atoms with Crippen molar-refractivity contribution in [3.63, 3.8) is 0 Å². The Labute approximate surface area is 213 Å². The van der Waals surface area contributed by atoms with Crippen LogP contribution >= 0.6 is 0 Å². The van der Waals surface area contributed by atoms with Crippen molar-refractivity contribution in [1.82, 2.24) is 10.2 Å². The molecule has 0 spiro atoms. The lowest BCUT2D eigenvalue weighted by Gasteiger charge is -2.33. The first-order valence-electron chi connectivity index (χ1n) is 14.5. The molecule has 1 aliphatic heterocycles. The number of amides is 1. The van der Waals surface area contributed by atoms with Crippen LogP contribution in [0.3, 0.4) is 0 Å². The number of carbonyl (C=O) groups is 1. The molecule has 1 atom stereocenters. The largest absolute Gasteiger partial charge is 0.353 e. The summed E-state index contributed by atoms with van der Waals surface area (Å²) >= 11 is 0. The first-order chi connectivity index (χ1) is 16.9. The normalized spacial score (nSPS) is 22.7. The van der Waals surface area contributed by atoms with Crippen LogP contribution in [0.1, 0.15) is 128 Å². The van der Waals surface area contributed by atoms with Crippen molar-refractivity contribution in [2.45, 2.75) is 135 Å². The Hall–Kier alpha value is -2.04. The predicted octanol–water partition coefficient (Wildman–Crippen LogP) is 6.95. The quantitative estimate of drug-likeness (QED) is 0.342. The van der Waals surface area contributed by atoms with Gasteiger partial charge in [-0.2, -0.15) is 0 Å². The number of benzene rings is 1. The number of nitrogens with zero attached hydrogens (tertiary/aromatic N) is 2. The zero-order chi connectivity index (χ0) is 24.8. The van der Waals surface area contributed by atoms with E-state index in [-0.39, 0.29) is 11.9 Å². The van der Waals surface area contributed by atoms with Crippen molar-refractivity contribution in [2.75, 3.05) is 11.9 Å². The smallest absolute Gasteiger partial charge is 0.247 e. The number of likely N-dealkylation sites (tertiary alicyclic amines) is 1. The first kappa shape index (κ1) is 26.0. The molecule has 194 valence electrons. The summed E-state index contributed by atoms with van der Waals surface area (Å²) in [5, 5.41) is 7.26. The van der Waals surface area contributed by atoms with Gasteiger partial charge in [0.05, 0.1) is 6.04 Å². The molecule has 3 fully saturated rings. The van der Waals surface area contributed by atoms with Crippen molar-refractivity contribution in [3.05, 3.63) is 29.3 Å². The maximum atomic E-state index is 13.8. The minimum Gasteiger partial charge on any atom is -0.353 e. The summed E-state index contributed by atoms with van der Waals surface area (Å²) in [5.74, 6) is 1.85. The van der Waals surface area contributed by atoms with E-state index in [0.29, 0.717) is 23.9 Å². The SMILES string of the molecule is CC(C)c1cccc(C(C)C)c1NC(=O)[C@@H]1CCCN1C(=NC1CCCCC1)NC1CCCCC1. The van der Waals surface area contributed by atoms with Crippen molar-refractivity contribution >= 4 is 17.6 Å². The van der Waals surface area contributed by atoms with E-state index in [1.807, 2.05) is 0 Å². The van der Waals surface area contributed by atoms with E-state index >= 15 is 0 Å². The van der Waals surface area contributed by atoms with Gasteiger partial charge in [0.1, 0.15) is 6.04 Å². The van der Waals surface area contributed by atoms with Gasteiger partial charge in [-0.3, -0.25) is 4.79 Å². The third-order valence-corrected chi connectivity index (χ3v) is 8.27. The number of carbonyl (C=O) groups excluding carboxylic acids is 1. The number of hydrogen-bond acceptors (Lipinski definition) is 2. The summed E-state index contributed by atoms with van der Waals surface area (Å²) in [5.41, 5.74) is 3.48. The highest BCUT2D eigenvalue weighted by molar-refractivity contribution is 5.99. The van der Waals surface area contributed by atoms with E-state index in [0.717, 1.165) is 31.0 Å². The molecule has 0 aromatic heterocycles. The van der Waals surface area contributed by atoms with Crippen LogP contribution in [0.25, 0.3) is 0 Å². The molecule has 1 heterocycles. The fraction of sp³-hybridized carbons (Fsp3) is 0.733. The van der Waals surface area contributed by atoms with Gasteiger partial charge >= 0.3 is 0 Å². The molecular formula is C30H48N4O. The van der Waals surface area contributed by atoms with Crippen LogP contribution in [0.2, 0.25) is 0 Å². The maximum absolute atomic E-state index is 13.8. The second kappa shape index (κ2) is 12.3. The molecule has 1 aromatic rings. The van der Waals surface area contributed by atoms with Crippen molar-refractivity contribution < 1.29 is 4.79 Å². The number of aliphatic imine (C=N–C) groups is 1. The fourth-order valence-corrected chi connectivity index (χ4v) is 6.20. The van der Waals surface area contributed by atoms with Crippen molar-refractivity contribution in [1.29, 1.82) is 0 Å². The van der Waals surface area contributed by atoms with E-state index in [1.165, 1.54) is 75.3 Å². The second-order valence-electron chi connectivity index (χ2n) is 11.7. The third-order valence-electron chi connectivity index (χ3n) is 8.27. The monoisotopic (exact) mass is 480 g/mol. The topological polar surface area (TPSA) is 56.7 Å². The van der Waals surface area contributed by atoms with E-state index in [9.17, 15) is 4.79 Å². The van der Waals surface area contributed by atoms with E-state index in [4.69, 9.17) is 4.99 Å². The lowest BCUT2D eigenvalue weighted by molar-refractivity contribution is -0.119. The average Bonchev–Trinajstić information content (AvgIpc) is 3.35. The maximum Gasteiger partial charge on any atom is 0.247 e. The summed E-state index contributed by atoms with van der Waals surface area (Å²) in [4.78, 5) is 21.4.